The van der Waals surface area contributed by atoms with E-state index >= 15 is 0 Å². The molecular formula is C16H19ClN4O3. The van der Waals surface area contributed by atoms with Crippen LogP contribution >= 0.6 is 11.6 Å². The molecule has 2 N–H and O–H groups in total. The molecule has 8 heteroatoms. The minimum atomic E-state index is -0.385. The zero-order valence-electron chi connectivity index (χ0n) is 13.1. The van der Waals surface area contributed by atoms with Crippen molar-refractivity contribution in [2.24, 2.45) is 0 Å². The second-order valence-corrected chi connectivity index (χ2v) is 5.66. The van der Waals surface area contributed by atoms with Crippen molar-refractivity contribution >= 4 is 35.1 Å². The molecule has 1 heterocycles. The van der Waals surface area contributed by atoms with Gasteiger partial charge in [0.25, 0.3) is 0 Å². The molecule has 0 saturated carbocycles. The molecule has 1 fully saturated rings. The van der Waals surface area contributed by atoms with Gasteiger partial charge in [0.2, 0.25) is 11.8 Å². The molecule has 0 spiro atoms. The van der Waals surface area contributed by atoms with Gasteiger partial charge in [-0.1, -0.05) is 18.2 Å². The summed E-state index contributed by atoms with van der Waals surface area (Å²) in [6.45, 7) is 4.97. The predicted octanol–water partition coefficient (Wildman–Crippen LogP) is 1.32. The van der Waals surface area contributed by atoms with Crippen molar-refractivity contribution in [1.29, 1.82) is 0 Å². The summed E-state index contributed by atoms with van der Waals surface area (Å²) < 4.78 is 0. The molecule has 1 saturated heterocycles. The maximum Gasteiger partial charge on any atom is 0.321 e. The van der Waals surface area contributed by atoms with Gasteiger partial charge in [-0.2, -0.15) is 0 Å². The molecule has 128 valence electrons. The second kappa shape index (κ2) is 8.35. The molecule has 0 atom stereocenters. The molecule has 7 nitrogen and oxygen atoms in total. The van der Waals surface area contributed by atoms with E-state index in [0.717, 1.165) is 6.08 Å². The molecule has 1 aromatic carbocycles. The highest BCUT2D eigenvalue weighted by Crippen LogP contribution is 2.14. The molecule has 2 rings (SSSR count). The van der Waals surface area contributed by atoms with Crippen molar-refractivity contribution in [1.82, 2.24) is 15.1 Å². The number of urea groups is 1. The molecular weight excluding hydrogens is 332 g/mol. The van der Waals surface area contributed by atoms with E-state index in [2.05, 4.69) is 17.2 Å². The lowest BCUT2D eigenvalue weighted by atomic mass is 10.3. The standard InChI is InChI=1S/C16H19ClN4O3/c1-2-14(22)18-11-15(23)20-7-9-21(10-8-20)16(24)19-13-5-3-12(17)4-6-13/h2-6H,1,7-11H2,(H,18,22)(H,19,24). The zero-order valence-corrected chi connectivity index (χ0v) is 13.9. The van der Waals surface area contributed by atoms with Crippen LogP contribution in [0.4, 0.5) is 10.5 Å². The normalized spacial score (nSPS) is 14.0. The van der Waals surface area contributed by atoms with Gasteiger partial charge in [0.05, 0.1) is 6.54 Å². The number of hydrogen-bond donors (Lipinski definition) is 2. The van der Waals surface area contributed by atoms with Crippen LogP contribution < -0.4 is 10.6 Å². The number of piperazine rings is 1. The van der Waals surface area contributed by atoms with Gasteiger partial charge in [0.1, 0.15) is 0 Å². The highest BCUT2D eigenvalue weighted by atomic mass is 35.5. The number of nitrogens with one attached hydrogen (secondary N) is 2. The maximum absolute atomic E-state index is 12.2. The number of amides is 4. The zero-order chi connectivity index (χ0) is 17.5. The van der Waals surface area contributed by atoms with Crippen LogP contribution in [0.25, 0.3) is 0 Å². The lowest BCUT2D eigenvalue weighted by Gasteiger charge is -2.34. The van der Waals surface area contributed by atoms with Gasteiger partial charge in [-0.05, 0) is 30.3 Å². The van der Waals surface area contributed by atoms with E-state index in [4.69, 9.17) is 11.6 Å². The monoisotopic (exact) mass is 350 g/mol. The van der Waals surface area contributed by atoms with Crippen molar-refractivity contribution in [2.75, 3.05) is 38.0 Å². The molecule has 1 aliphatic rings. The first-order chi connectivity index (χ1) is 11.5. The summed E-state index contributed by atoms with van der Waals surface area (Å²) in [5, 5.41) is 5.84. The molecule has 1 aromatic rings. The summed E-state index contributed by atoms with van der Waals surface area (Å²) in [5.74, 6) is -0.563. The largest absolute Gasteiger partial charge is 0.343 e. The number of benzene rings is 1. The summed E-state index contributed by atoms with van der Waals surface area (Å²) >= 11 is 5.80. The topological polar surface area (TPSA) is 81.8 Å². The van der Waals surface area contributed by atoms with E-state index in [0.29, 0.717) is 36.9 Å². The minimum absolute atomic E-state index is 0.0676. The van der Waals surface area contributed by atoms with Crippen LogP contribution in [-0.2, 0) is 9.59 Å². The van der Waals surface area contributed by atoms with E-state index in [1.54, 1.807) is 34.1 Å². The van der Waals surface area contributed by atoms with Crippen molar-refractivity contribution in [3.05, 3.63) is 41.9 Å². The Labute approximate surface area is 145 Å². The Morgan fingerprint density at radius 3 is 2.25 bits per heavy atom. The van der Waals surface area contributed by atoms with Crippen molar-refractivity contribution in [3.63, 3.8) is 0 Å². The molecule has 0 bridgehead atoms. The van der Waals surface area contributed by atoms with Crippen molar-refractivity contribution in [2.45, 2.75) is 0 Å². The number of rotatable bonds is 4. The van der Waals surface area contributed by atoms with E-state index < -0.39 is 0 Å². The van der Waals surface area contributed by atoms with Crippen LogP contribution in [0.2, 0.25) is 5.02 Å². The first-order valence-electron chi connectivity index (χ1n) is 7.49. The van der Waals surface area contributed by atoms with Gasteiger partial charge < -0.3 is 20.4 Å². The first-order valence-corrected chi connectivity index (χ1v) is 7.87. The third-order valence-electron chi connectivity index (χ3n) is 3.61. The highest BCUT2D eigenvalue weighted by Gasteiger charge is 2.24. The van der Waals surface area contributed by atoms with Crippen LogP contribution in [0.15, 0.2) is 36.9 Å². The third-order valence-corrected chi connectivity index (χ3v) is 3.87. The van der Waals surface area contributed by atoms with Crippen LogP contribution in [0.3, 0.4) is 0 Å². The van der Waals surface area contributed by atoms with E-state index in [-0.39, 0.29) is 24.4 Å². The lowest BCUT2D eigenvalue weighted by Crippen LogP contribution is -2.53. The van der Waals surface area contributed by atoms with Gasteiger partial charge in [0.15, 0.2) is 0 Å². The number of halogens is 1. The predicted molar refractivity (Wildman–Crippen MR) is 91.8 cm³/mol. The van der Waals surface area contributed by atoms with E-state index in [9.17, 15) is 14.4 Å². The Hall–Kier alpha value is -2.54. The third kappa shape index (κ3) is 4.99. The number of hydrogen-bond acceptors (Lipinski definition) is 3. The van der Waals surface area contributed by atoms with Gasteiger partial charge in [-0.15, -0.1) is 0 Å². The Bertz CT molecular complexity index is 625. The Kier molecular flexibility index (Phi) is 6.20. The summed E-state index contributed by atoms with van der Waals surface area (Å²) in [6.07, 6.45) is 1.12. The van der Waals surface area contributed by atoms with Gasteiger partial charge in [0, 0.05) is 36.9 Å². The molecule has 0 radical (unpaired) electrons. The molecule has 1 aliphatic heterocycles. The Morgan fingerprint density at radius 1 is 1.08 bits per heavy atom. The van der Waals surface area contributed by atoms with Crippen LogP contribution in [0, 0.1) is 0 Å². The smallest absolute Gasteiger partial charge is 0.321 e. The number of carbonyl (C=O) groups is 3. The maximum atomic E-state index is 12.2. The Balaban J connectivity index is 1.78. The van der Waals surface area contributed by atoms with E-state index in [1.165, 1.54) is 0 Å². The Morgan fingerprint density at radius 2 is 1.67 bits per heavy atom. The number of anilines is 1. The van der Waals surface area contributed by atoms with Crippen molar-refractivity contribution < 1.29 is 14.4 Å². The fourth-order valence-electron chi connectivity index (χ4n) is 2.24. The SMILES string of the molecule is C=CC(=O)NCC(=O)N1CCN(C(=O)Nc2ccc(Cl)cc2)CC1. The second-order valence-electron chi connectivity index (χ2n) is 5.23. The number of carbonyl (C=O) groups excluding carboxylic acids is 3. The van der Waals surface area contributed by atoms with Gasteiger partial charge in [-0.25, -0.2) is 4.79 Å². The van der Waals surface area contributed by atoms with Crippen LogP contribution in [-0.4, -0.2) is 60.4 Å². The van der Waals surface area contributed by atoms with Gasteiger partial charge >= 0.3 is 6.03 Å². The lowest BCUT2D eigenvalue weighted by molar-refractivity contribution is -0.133. The first kappa shape index (κ1) is 17.8. The van der Waals surface area contributed by atoms with Crippen LogP contribution in [0.5, 0.6) is 0 Å². The van der Waals surface area contributed by atoms with E-state index in [1.807, 2.05) is 0 Å². The molecule has 0 aliphatic carbocycles. The quantitative estimate of drug-likeness (QED) is 0.803. The average molecular weight is 351 g/mol. The number of nitrogens with zero attached hydrogens (tertiary/aromatic N) is 2. The molecule has 4 amide bonds. The average Bonchev–Trinajstić information content (AvgIpc) is 2.61. The molecule has 0 unspecified atom stereocenters. The summed E-state index contributed by atoms with van der Waals surface area (Å²) in [5.41, 5.74) is 0.662. The fraction of sp³-hybridized carbons (Fsp3) is 0.312. The van der Waals surface area contributed by atoms with Crippen LogP contribution in [0.1, 0.15) is 0 Å². The van der Waals surface area contributed by atoms with Gasteiger partial charge in [-0.3, -0.25) is 9.59 Å². The summed E-state index contributed by atoms with van der Waals surface area (Å²) in [4.78, 5) is 38.5. The fourth-order valence-corrected chi connectivity index (χ4v) is 2.37. The van der Waals surface area contributed by atoms with Crippen molar-refractivity contribution in [3.8, 4) is 0 Å². The highest BCUT2D eigenvalue weighted by molar-refractivity contribution is 6.30. The molecule has 0 aromatic heterocycles. The molecule has 24 heavy (non-hydrogen) atoms. The summed E-state index contributed by atoms with van der Waals surface area (Å²) in [7, 11) is 0. The summed E-state index contributed by atoms with van der Waals surface area (Å²) in [6, 6.07) is 6.63. The minimum Gasteiger partial charge on any atom is -0.343 e.